The second kappa shape index (κ2) is 5.27. The summed E-state index contributed by atoms with van der Waals surface area (Å²) in [5, 5.41) is 10.7. The molecule has 0 spiro atoms. The van der Waals surface area contributed by atoms with Crippen molar-refractivity contribution in [1.82, 2.24) is 0 Å². The van der Waals surface area contributed by atoms with E-state index in [1.54, 1.807) is 6.92 Å². The molecule has 0 radical (unpaired) electrons. The van der Waals surface area contributed by atoms with Crippen molar-refractivity contribution in [2.75, 3.05) is 13.2 Å². The van der Waals surface area contributed by atoms with Crippen molar-refractivity contribution in [2.24, 2.45) is 11.3 Å². The molecule has 0 saturated heterocycles. The molecule has 92 valence electrons. The van der Waals surface area contributed by atoms with Crippen LogP contribution >= 0.6 is 0 Å². The van der Waals surface area contributed by atoms with Crippen molar-refractivity contribution in [3.05, 3.63) is 10.1 Å². The first-order chi connectivity index (χ1) is 7.47. The molecule has 0 bridgehead atoms. The Morgan fingerprint density at radius 1 is 1.62 bits per heavy atom. The molecular formula is C11H19NO4. The van der Waals surface area contributed by atoms with E-state index in [0.29, 0.717) is 12.5 Å². The van der Waals surface area contributed by atoms with E-state index < -0.39 is 5.41 Å². The van der Waals surface area contributed by atoms with Crippen molar-refractivity contribution in [3.8, 4) is 0 Å². The summed E-state index contributed by atoms with van der Waals surface area (Å²) in [5.74, 6) is 0.160. The van der Waals surface area contributed by atoms with Crippen LogP contribution in [-0.4, -0.2) is 24.0 Å². The van der Waals surface area contributed by atoms with Crippen LogP contribution in [0.3, 0.4) is 0 Å². The summed E-state index contributed by atoms with van der Waals surface area (Å²) < 4.78 is 4.88. The van der Waals surface area contributed by atoms with Gasteiger partial charge in [-0.25, -0.2) is 0 Å². The van der Waals surface area contributed by atoms with Crippen LogP contribution in [0.25, 0.3) is 0 Å². The number of rotatable bonds is 5. The maximum Gasteiger partial charge on any atom is 0.306 e. The molecule has 1 rings (SSSR count). The van der Waals surface area contributed by atoms with Crippen LogP contribution in [0.1, 0.15) is 39.5 Å². The highest BCUT2D eigenvalue weighted by molar-refractivity contribution is 5.70. The van der Waals surface area contributed by atoms with Crippen LogP contribution in [-0.2, 0) is 9.53 Å². The summed E-state index contributed by atoms with van der Waals surface area (Å²) in [6.07, 6.45) is 2.67. The van der Waals surface area contributed by atoms with Gasteiger partial charge in [-0.05, 0) is 32.1 Å². The molecule has 2 atom stereocenters. The number of esters is 1. The summed E-state index contributed by atoms with van der Waals surface area (Å²) in [6.45, 7) is 4.04. The maximum absolute atomic E-state index is 11.4. The summed E-state index contributed by atoms with van der Waals surface area (Å²) in [6, 6.07) is 0. The van der Waals surface area contributed by atoms with Gasteiger partial charge in [0.05, 0.1) is 13.0 Å². The van der Waals surface area contributed by atoms with E-state index in [4.69, 9.17) is 4.74 Å². The molecule has 0 aromatic heterocycles. The average Bonchev–Trinajstić information content (AvgIpc) is 2.46. The van der Waals surface area contributed by atoms with E-state index in [0.717, 1.165) is 19.3 Å². The third-order valence-electron chi connectivity index (χ3n) is 3.24. The molecule has 0 amide bonds. The normalized spacial score (nSPS) is 29.0. The number of nitrogens with zero attached hydrogens (tertiary/aromatic N) is 1. The fourth-order valence-electron chi connectivity index (χ4n) is 2.65. The van der Waals surface area contributed by atoms with Crippen molar-refractivity contribution in [3.63, 3.8) is 0 Å². The SMILES string of the molecule is CCOC(=O)C[C@]1(C[N+](=O)[O-])CC[C@H](C)C1. The molecule has 1 saturated carbocycles. The van der Waals surface area contributed by atoms with Gasteiger partial charge in [-0.3, -0.25) is 14.9 Å². The zero-order chi connectivity index (χ0) is 12.2. The predicted molar refractivity (Wildman–Crippen MR) is 58.6 cm³/mol. The lowest BCUT2D eigenvalue weighted by Gasteiger charge is -2.23. The molecule has 1 fully saturated rings. The molecule has 1 aliphatic carbocycles. The van der Waals surface area contributed by atoms with Gasteiger partial charge in [0.2, 0.25) is 6.54 Å². The number of carbonyl (C=O) groups excluding carboxylic acids is 1. The van der Waals surface area contributed by atoms with E-state index in [1.807, 2.05) is 0 Å². The van der Waals surface area contributed by atoms with Gasteiger partial charge < -0.3 is 4.74 Å². The lowest BCUT2D eigenvalue weighted by molar-refractivity contribution is -0.497. The third kappa shape index (κ3) is 3.47. The minimum Gasteiger partial charge on any atom is -0.466 e. The van der Waals surface area contributed by atoms with Crippen LogP contribution in [0, 0.1) is 21.4 Å². The second-order valence-corrected chi connectivity index (χ2v) is 4.82. The van der Waals surface area contributed by atoms with E-state index in [-0.39, 0.29) is 23.9 Å². The van der Waals surface area contributed by atoms with Gasteiger partial charge in [0.1, 0.15) is 0 Å². The van der Waals surface area contributed by atoms with E-state index in [9.17, 15) is 14.9 Å². The minimum absolute atomic E-state index is 0.115. The molecular weight excluding hydrogens is 210 g/mol. The standard InChI is InChI=1S/C11H19NO4/c1-3-16-10(13)7-11(8-12(14)15)5-4-9(2)6-11/h9H,3-8H2,1-2H3/t9-,11-/m0/s1. The van der Waals surface area contributed by atoms with Crippen molar-refractivity contribution in [1.29, 1.82) is 0 Å². The molecule has 0 aromatic carbocycles. The first-order valence-electron chi connectivity index (χ1n) is 5.75. The van der Waals surface area contributed by atoms with E-state index in [1.165, 1.54) is 0 Å². The Bertz CT molecular complexity index is 279. The lowest BCUT2D eigenvalue weighted by atomic mass is 9.82. The van der Waals surface area contributed by atoms with E-state index in [2.05, 4.69) is 6.92 Å². The summed E-state index contributed by atoms with van der Waals surface area (Å²) >= 11 is 0. The number of carbonyl (C=O) groups is 1. The number of ether oxygens (including phenoxy) is 1. The van der Waals surface area contributed by atoms with Gasteiger partial charge in [0.25, 0.3) is 0 Å². The Morgan fingerprint density at radius 3 is 2.75 bits per heavy atom. The Balaban J connectivity index is 2.64. The Hall–Kier alpha value is -1.13. The first-order valence-corrected chi connectivity index (χ1v) is 5.75. The van der Waals surface area contributed by atoms with Crippen molar-refractivity contribution < 1.29 is 14.5 Å². The van der Waals surface area contributed by atoms with Gasteiger partial charge in [-0.2, -0.15) is 0 Å². The molecule has 0 heterocycles. The van der Waals surface area contributed by atoms with Crippen LogP contribution in [0.4, 0.5) is 0 Å². The summed E-state index contributed by atoms with van der Waals surface area (Å²) in [5.41, 5.74) is -0.463. The second-order valence-electron chi connectivity index (χ2n) is 4.82. The molecule has 0 aromatic rings. The number of hydrogen-bond acceptors (Lipinski definition) is 4. The Kier molecular flexibility index (Phi) is 4.26. The topological polar surface area (TPSA) is 69.4 Å². The predicted octanol–water partition coefficient (Wildman–Crippen LogP) is 2.02. The molecule has 0 unspecified atom stereocenters. The summed E-state index contributed by atoms with van der Waals surface area (Å²) in [7, 11) is 0. The molecule has 5 heteroatoms. The minimum atomic E-state index is -0.463. The zero-order valence-corrected chi connectivity index (χ0v) is 9.90. The molecule has 5 nitrogen and oxygen atoms in total. The number of nitro groups is 1. The van der Waals surface area contributed by atoms with Gasteiger partial charge in [-0.15, -0.1) is 0 Å². The maximum atomic E-state index is 11.4. The molecule has 0 N–H and O–H groups in total. The van der Waals surface area contributed by atoms with Gasteiger partial charge in [0, 0.05) is 10.3 Å². The van der Waals surface area contributed by atoms with Gasteiger partial charge in [-0.1, -0.05) is 6.92 Å². The van der Waals surface area contributed by atoms with Crippen LogP contribution in [0.2, 0.25) is 0 Å². The Morgan fingerprint density at radius 2 is 2.31 bits per heavy atom. The van der Waals surface area contributed by atoms with Crippen molar-refractivity contribution in [2.45, 2.75) is 39.5 Å². The third-order valence-corrected chi connectivity index (χ3v) is 3.24. The fraction of sp³-hybridized carbons (Fsp3) is 0.909. The quantitative estimate of drug-likeness (QED) is 0.411. The highest BCUT2D eigenvalue weighted by Gasteiger charge is 2.43. The van der Waals surface area contributed by atoms with Gasteiger partial charge in [0.15, 0.2) is 0 Å². The smallest absolute Gasteiger partial charge is 0.306 e. The Labute approximate surface area is 95.3 Å². The van der Waals surface area contributed by atoms with Crippen LogP contribution < -0.4 is 0 Å². The highest BCUT2D eigenvalue weighted by atomic mass is 16.6. The highest BCUT2D eigenvalue weighted by Crippen LogP contribution is 2.44. The molecule has 1 aliphatic rings. The van der Waals surface area contributed by atoms with Crippen molar-refractivity contribution >= 4 is 5.97 Å². The van der Waals surface area contributed by atoms with Crippen LogP contribution in [0.5, 0.6) is 0 Å². The molecule has 0 aliphatic heterocycles. The first kappa shape index (κ1) is 12.9. The lowest BCUT2D eigenvalue weighted by Crippen LogP contribution is -2.30. The van der Waals surface area contributed by atoms with Gasteiger partial charge >= 0.3 is 5.97 Å². The van der Waals surface area contributed by atoms with E-state index >= 15 is 0 Å². The fourth-order valence-corrected chi connectivity index (χ4v) is 2.65. The molecule has 16 heavy (non-hydrogen) atoms. The average molecular weight is 229 g/mol. The summed E-state index contributed by atoms with van der Waals surface area (Å²) in [4.78, 5) is 21.8. The van der Waals surface area contributed by atoms with Crippen LogP contribution in [0.15, 0.2) is 0 Å². The zero-order valence-electron chi connectivity index (χ0n) is 9.90. The number of hydrogen-bond donors (Lipinski definition) is 0. The monoisotopic (exact) mass is 229 g/mol. The largest absolute Gasteiger partial charge is 0.466 e.